The minimum absolute atomic E-state index is 0.0305. The lowest BCUT2D eigenvalue weighted by Crippen LogP contribution is -2.60. The third-order valence-electron chi connectivity index (χ3n) is 6.02. The van der Waals surface area contributed by atoms with Gasteiger partial charge >= 0.3 is 5.43 Å². The Balaban J connectivity index is 1.79. The molecule has 3 heterocycles. The second-order valence-electron chi connectivity index (χ2n) is 8.53. The Kier molecular flexibility index (Phi) is 5.77. The molecule has 36 heavy (non-hydrogen) atoms. The first kappa shape index (κ1) is 23.9. The van der Waals surface area contributed by atoms with E-state index < -0.39 is 54.6 Å². The predicted molar refractivity (Wildman–Crippen MR) is 121 cm³/mol. The Labute approximate surface area is 201 Å². The molecule has 1 fully saturated rings. The summed E-state index contributed by atoms with van der Waals surface area (Å²) in [6.07, 6.45) is -7.92. The lowest BCUT2D eigenvalue weighted by atomic mass is 9.99. The van der Waals surface area contributed by atoms with Gasteiger partial charge in [-0.1, -0.05) is 0 Å². The van der Waals surface area contributed by atoms with E-state index in [1.807, 2.05) is 0 Å². The van der Waals surface area contributed by atoms with Gasteiger partial charge in [-0.25, -0.2) is 0 Å². The summed E-state index contributed by atoms with van der Waals surface area (Å²) in [6.45, 7) is 0.959. The fourth-order valence-electron chi connectivity index (χ4n) is 4.26. The average Bonchev–Trinajstić information content (AvgIpc) is 2.83. The molecular formula is C24H23O12+. The molecule has 190 valence electrons. The molecule has 2 aromatic heterocycles. The van der Waals surface area contributed by atoms with Crippen LogP contribution in [0.1, 0.15) is 5.76 Å². The molecule has 0 radical (unpaired) electrons. The first-order valence-corrected chi connectivity index (χ1v) is 10.8. The first-order chi connectivity index (χ1) is 17.1. The van der Waals surface area contributed by atoms with Crippen molar-refractivity contribution in [2.75, 3.05) is 6.61 Å². The molecule has 0 saturated carbocycles. The van der Waals surface area contributed by atoms with Crippen LogP contribution in [0.2, 0.25) is 0 Å². The van der Waals surface area contributed by atoms with Crippen LogP contribution in [0.25, 0.3) is 33.3 Å². The molecule has 1 aliphatic rings. The van der Waals surface area contributed by atoms with Crippen molar-refractivity contribution < 1.29 is 58.8 Å². The van der Waals surface area contributed by atoms with Crippen LogP contribution in [-0.2, 0) is 4.74 Å². The number of rotatable bonds is 4. The lowest BCUT2D eigenvalue weighted by molar-refractivity contribution is -0.277. The number of benzene rings is 2. The van der Waals surface area contributed by atoms with Gasteiger partial charge in [-0.15, -0.1) is 0 Å². The number of hydrogen-bond acceptors (Lipinski definition) is 11. The smallest absolute Gasteiger partial charge is 0.347 e. The maximum Gasteiger partial charge on any atom is 0.347 e. The zero-order valence-electron chi connectivity index (χ0n) is 18.7. The first-order valence-electron chi connectivity index (χ1n) is 10.8. The second kappa shape index (κ2) is 8.69. The molecule has 5 atom stereocenters. The van der Waals surface area contributed by atoms with E-state index in [2.05, 4.69) is 0 Å². The van der Waals surface area contributed by atoms with Crippen molar-refractivity contribution in [1.82, 2.24) is 0 Å². The van der Waals surface area contributed by atoms with Crippen molar-refractivity contribution in [1.29, 1.82) is 0 Å². The van der Waals surface area contributed by atoms with E-state index >= 15 is 0 Å². The van der Waals surface area contributed by atoms with Crippen LogP contribution in [0.4, 0.5) is 0 Å². The predicted octanol–water partition coefficient (Wildman–Crippen LogP) is 0.455. The number of aryl methyl sites for hydroxylation is 1. The van der Waals surface area contributed by atoms with Crippen molar-refractivity contribution in [2.24, 2.45) is 0 Å². The fourth-order valence-corrected chi connectivity index (χ4v) is 4.26. The van der Waals surface area contributed by atoms with Crippen molar-refractivity contribution >= 4 is 21.9 Å². The molecule has 12 heteroatoms. The third-order valence-corrected chi connectivity index (χ3v) is 6.02. The topological polar surface area (TPSA) is 208 Å². The molecule has 5 unspecified atom stereocenters. The van der Waals surface area contributed by atoms with E-state index in [1.54, 1.807) is 13.0 Å². The quantitative estimate of drug-likeness (QED) is 0.150. The van der Waals surface area contributed by atoms with Gasteiger partial charge in [-0.2, -0.15) is 0 Å². The minimum Gasteiger partial charge on any atom is -0.504 e. The highest BCUT2D eigenvalue weighted by Crippen LogP contribution is 2.46. The van der Waals surface area contributed by atoms with Gasteiger partial charge in [0.25, 0.3) is 0 Å². The highest BCUT2D eigenvalue weighted by atomic mass is 16.7. The molecule has 1 aliphatic heterocycles. The molecule has 0 bridgehead atoms. The van der Waals surface area contributed by atoms with Crippen molar-refractivity contribution in [3.8, 4) is 34.3 Å². The number of phenols is 3. The van der Waals surface area contributed by atoms with Crippen LogP contribution in [0.3, 0.4) is 0 Å². The summed E-state index contributed by atoms with van der Waals surface area (Å²) in [5, 5.41) is 71.1. The van der Waals surface area contributed by atoms with Gasteiger partial charge in [-0.05, 0) is 25.1 Å². The number of ether oxygens (including phenoxy) is 2. The highest BCUT2D eigenvalue weighted by molar-refractivity contribution is 6.09. The van der Waals surface area contributed by atoms with Crippen LogP contribution in [-0.4, -0.2) is 77.9 Å². The maximum absolute atomic E-state index is 10.5. The number of aliphatic hydroxyl groups is 4. The molecule has 0 aliphatic carbocycles. The van der Waals surface area contributed by atoms with E-state index in [4.69, 9.17) is 18.3 Å². The fraction of sp³-hybridized carbons (Fsp3) is 0.292. The molecule has 2 aromatic carbocycles. The Morgan fingerprint density at radius 3 is 2.17 bits per heavy atom. The van der Waals surface area contributed by atoms with Gasteiger partial charge in [0.2, 0.25) is 6.29 Å². The summed E-state index contributed by atoms with van der Waals surface area (Å²) in [5.41, 5.74) is 0.215. The summed E-state index contributed by atoms with van der Waals surface area (Å²) in [7, 11) is 0. The third kappa shape index (κ3) is 3.81. The van der Waals surface area contributed by atoms with Crippen LogP contribution in [0.15, 0.2) is 39.2 Å². The molecule has 12 nitrogen and oxygen atoms in total. The minimum atomic E-state index is -1.75. The molecule has 0 amide bonds. The summed E-state index contributed by atoms with van der Waals surface area (Å²) in [5.74, 6) is -1.92. The molecule has 5 rings (SSSR count). The van der Waals surface area contributed by atoms with Gasteiger partial charge in [0.15, 0.2) is 28.8 Å². The van der Waals surface area contributed by atoms with Gasteiger partial charge in [0, 0.05) is 10.9 Å². The summed E-state index contributed by atoms with van der Waals surface area (Å²) < 4.78 is 23.2. The van der Waals surface area contributed by atoms with Crippen LogP contribution < -0.4 is 10.2 Å². The number of hydrogen-bond donors (Lipinski definition) is 7. The second-order valence-corrected chi connectivity index (χ2v) is 8.53. The van der Waals surface area contributed by atoms with Crippen LogP contribution >= 0.6 is 0 Å². The summed E-state index contributed by atoms with van der Waals surface area (Å²) in [4.78, 5) is 10.2. The lowest BCUT2D eigenvalue weighted by Gasteiger charge is -2.39. The highest BCUT2D eigenvalue weighted by Gasteiger charge is 2.45. The average molecular weight is 503 g/mol. The molecule has 4 aromatic rings. The van der Waals surface area contributed by atoms with Gasteiger partial charge in [0.1, 0.15) is 41.3 Å². The van der Waals surface area contributed by atoms with Crippen molar-refractivity contribution in [2.45, 2.75) is 37.6 Å². The maximum atomic E-state index is 10.5. The number of aliphatic hydroxyl groups excluding tert-OH is 4. The Hall–Kier alpha value is -3.81. The molecule has 8 N–H and O–H groups in total. The van der Waals surface area contributed by atoms with E-state index in [0.717, 1.165) is 12.1 Å². The van der Waals surface area contributed by atoms with Crippen LogP contribution in [0.5, 0.6) is 23.0 Å². The van der Waals surface area contributed by atoms with Gasteiger partial charge in [0.05, 0.1) is 24.1 Å². The molecular weight excluding hydrogens is 480 g/mol. The van der Waals surface area contributed by atoms with E-state index in [0.29, 0.717) is 16.5 Å². The zero-order valence-corrected chi connectivity index (χ0v) is 18.7. The standard InChI is InChI=1S/C24H22O12/c1-8-2-11-17-14(33-8)5-10(26)6-15(17)34-22(9-3-12(27)18(29)13(28)4-9)23(11)36-24-21(32)20(31)19(30)16(7-25)35-24/h2-6,16,19-21,24-25,27-32H,7H2,1H3/p+1. The normalized spacial score (nSPS) is 24.4. The Morgan fingerprint density at radius 1 is 0.889 bits per heavy atom. The number of aromatic hydroxyl groups is 3. The summed E-state index contributed by atoms with van der Waals surface area (Å²) in [6, 6.07) is 6.41. The Bertz CT molecular complexity index is 1490. The van der Waals surface area contributed by atoms with Gasteiger partial charge in [-0.3, -0.25) is 4.79 Å². The van der Waals surface area contributed by atoms with Crippen molar-refractivity contribution in [3.63, 3.8) is 0 Å². The van der Waals surface area contributed by atoms with Crippen LogP contribution in [0, 0.1) is 6.92 Å². The largest absolute Gasteiger partial charge is 0.504 e. The van der Waals surface area contributed by atoms with Crippen molar-refractivity contribution in [3.05, 3.63) is 41.5 Å². The Morgan fingerprint density at radius 2 is 1.53 bits per heavy atom. The SMILES string of the molecule is Cc1cc2c(OC3OC(CO)C(O)C(O)C3O)c(-c3cc(O)c(O)c(O)c3)oc3cc(=[OH+])cc(o1)c32. The van der Waals surface area contributed by atoms with Gasteiger partial charge < -0.3 is 54.1 Å². The van der Waals surface area contributed by atoms with E-state index in [9.17, 15) is 40.5 Å². The summed E-state index contributed by atoms with van der Waals surface area (Å²) >= 11 is 0. The van der Waals surface area contributed by atoms with E-state index in [1.165, 1.54) is 12.1 Å². The molecule has 0 spiro atoms. The zero-order chi connectivity index (χ0) is 25.9. The number of phenolic OH excluding ortho intramolecular Hbond substituents is 3. The molecule has 1 saturated heterocycles. The van der Waals surface area contributed by atoms with E-state index in [-0.39, 0.29) is 33.7 Å². The monoisotopic (exact) mass is 503 g/mol.